The van der Waals surface area contributed by atoms with Crippen LogP contribution in [-0.4, -0.2) is 5.05 Å². The van der Waals surface area contributed by atoms with Crippen molar-refractivity contribution in [3.63, 3.8) is 0 Å². The van der Waals surface area contributed by atoms with Gasteiger partial charge in [-0.25, -0.2) is 8.78 Å². The van der Waals surface area contributed by atoms with Crippen LogP contribution in [0.4, 0.5) is 8.78 Å². The molecule has 2 aromatic carbocycles. The largest absolute Gasteiger partial charge is 0.445 e. The van der Waals surface area contributed by atoms with Gasteiger partial charge in [0.2, 0.25) is 0 Å². The second-order valence-electron chi connectivity index (χ2n) is 9.51. The minimum atomic E-state index is -2.48. The number of alkyl halides is 2. The van der Waals surface area contributed by atoms with Crippen LogP contribution in [0.1, 0.15) is 113 Å². The molecular weight excluding hydrogens is 434 g/mol. The highest BCUT2D eigenvalue weighted by atomic mass is 32.1. The Bertz CT molecular complexity index is 824. The molecule has 4 heteroatoms. The first-order chi connectivity index (χ1) is 16.1. The Morgan fingerprint density at radius 2 is 1.45 bits per heavy atom. The maximum absolute atomic E-state index is 12.7. The molecule has 0 aromatic heterocycles. The summed E-state index contributed by atoms with van der Waals surface area (Å²) in [5.41, 5.74) is 2.00. The van der Waals surface area contributed by atoms with Crippen LogP contribution >= 0.6 is 12.2 Å². The van der Waals surface area contributed by atoms with Gasteiger partial charge >= 0.3 is 0 Å². The maximum atomic E-state index is 12.7. The van der Waals surface area contributed by atoms with Crippen molar-refractivity contribution in [2.45, 2.75) is 96.3 Å². The summed E-state index contributed by atoms with van der Waals surface area (Å²) in [6.07, 6.45) is 13.9. The highest BCUT2D eigenvalue weighted by molar-refractivity contribution is 7.80. The third kappa shape index (κ3) is 8.48. The fraction of sp³-hybridized carbons (Fsp3) is 0.552. The fourth-order valence-electron chi connectivity index (χ4n) is 4.91. The first kappa shape index (κ1) is 25.8. The van der Waals surface area contributed by atoms with Gasteiger partial charge in [0.05, 0.1) is 0 Å². The van der Waals surface area contributed by atoms with Gasteiger partial charge in [0.1, 0.15) is 5.75 Å². The number of thiocarbonyl (C=S) groups is 1. The lowest BCUT2D eigenvalue weighted by atomic mass is 9.77. The summed E-state index contributed by atoms with van der Waals surface area (Å²) in [5.74, 6) is 2.24. The van der Waals surface area contributed by atoms with Gasteiger partial charge in [0, 0.05) is 11.1 Å². The molecule has 2 aromatic rings. The first-order valence-corrected chi connectivity index (χ1v) is 13.2. The summed E-state index contributed by atoms with van der Waals surface area (Å²) in [4.78, 5) is 0. The number of ether oxygens (including phenoxy) is 1. The highest BCUT2D eigenvalue weighted by Crippen LogP contribution is 2.38. The van der Waals surface area contributed by atoms with Gasteiger partial charge in [-0.2, -0.15) is 0 Å². The minimum Gasteiger partial charge on any atom is -0.445 e. The predicted octanol–water partition coefficient (Wildman–Crippen LogP) is 9.79. The van der Waals surface area contributed by atoms with Crippen molar-refractivity contribution in [1.82, 2.24) is 0 Å². The van der Waals surface area contributed by atoms with E-state index in [1.165, 1.54) is 94.7 Å². The van der Waals surface area contributed by atoms with E-state index in [1.54, 1.807) is 12.1 Å². The first-order valence-electron chi connectivity index (χ1n) is 12.8. The molecular formula is C29H38F2OS. The molecule has 180 valence electrons. The normalized spacial score (nSPS) is 18.4. The zero-order valence-corrected chi connectivity index (χ0v) is 20.7. The second-order valence-corrected chi connectivity index (χ2v) is 9.88. The van der Waals surface area contributed by atoms with Crippen molar-refractivity contribution in [2.75, 3.05) is 0 Å². The summed E-state index contributed by atoms with van der Waals surface area (Å²) >= 11 is 5.34. The predicted molar refractivity (Wildman–Crippen MR) is 137 cm³/mol. The van der Waals surface area contributed by atoms with Crippen LogP contribution in [0.2, 0.25) is 0 Å². The van der Waals surface area contributed by atoms with E-state index in [1.807, 2.05) is 12.1 Å². The zero-order valence-electron chi connectivity index (χ0n) is 19.9. The Morgan fingerprint density at radius 3 is 2.06 bits per heavy atom. The van der Waals surface area contributed by atoms with Crippen molar-refractivity contribution >= 4 is 17.3 Å². The Balaban J connectivity index is 1.38. The summed E-state index contributed by atoms with van der Waals surface area (Å²) in [7, 11) is 0. The van der Waals surface area contributed by atoms with E-state index in [2.05, 4.69) is 19.1 Å². The molecule has 33 heavy (non-hydrogen) atoms. The molecule has 0 radical (unpaired) electrons. The SMILES string of the molecule is CCCCCCCCC[C@H]1CC[C@H](c2ccc(OC(=S)c3ccc(C(F)F)cc3)cc2)CC1. The molecule has 1 aliphatic carbocycles. The Labute approximate surface area is 203 Å². The molecule has 0 aliphatic heterocycles. The van der Waals surface area contributed by atoms with E-state index in [0.29, 0.717) is 22.3 Å². The van der Waals surface area contributed by atoms with Gasteiger partial charge in [-0.05, 0) is 79.6 Å². The van der Waals surface area contributed by atoms with E-state index < -0.39 is 6.43 Å². The fourth-order valence-corrected chi connectivity index (χ4v) is 5.15. The standard InChI is InChI=1S/C29H38F2OS/c1-2-3-4-5-6-7-8-9-22-10-12-23(13-11-22)24-18-20-27(21-19-24)32-29(33)26-16-14-25(15-17-26)28(30)31/h14-23,28H,2-13H2,1H3/t22-,23-. The molecule has 0 saturated heterocycles. The number of halogens is 2. The van der Waals surface area contributed by atoms with Crippen LogP contribution in [0.3, 0.4) is 0 Å². The maximum Gasteiger partial charge on any atom is 0.263 e. The Kier molecular flexibility index (Phi) is 10.8. The molecule has 0 N–H and O–H groups in total. The molecule has 3 rings (SSSR count). The molecule has 0 amide bonds. The topological polar surface area (TPSA) is 9.23 Å². The van der Waals surface area contributed by atoms with Crippen LogP contribution in [0, 0.1) is 5.92 Å². The molecule has 0 unspecified atom stereocenters. The molecule has 1 saturated carbocycles. The molecule has 1 fully saturated rings. The van der Waals surface area contributed by atoms with Crippen molar-refractivity contribution in [2.24, 2.45) is 5.92 Å². The number of hydrogen-bond acceptors (Lipinski definition) is 2. The van der Waals surface area contributed by atoms with Gasteiger partial charge in [-0.3, -0.25) is 0 Å². The second kappa shape index (κ2) is 13.8. The lowest BCUT2D eigenvalue weighted by Crippen LogP contribution is -2.13. The summed E-state index contributed by atoms with van der Waals surface area (Å²) in [5, 5.41) is 0.300. The average Bonchev–Trinajstić information content (AvgIpc) is 2.84. The highest BCUT2D eigenvalue weighted by Gasteiger charge is 2.22. The van der Waals surface area contributed by atoms with Gasteiger partial charge in [0.15, 0.2) is 5.05 Å². The molecule has 0 atom stereocenters. The van der Waals surface area contributed by atoms with Crippen LogP contribution in [-0.2, 0) is 0 Å². The van der Waals surface area contributed by atoms with Gasteiger partial charge in [-0.1, -0.05) is 82.6 Å². The monoisotopic (exact) mass is 472 g/mol. The smallest absolute Gasteiger partial charge is 0.263 e. The molecule has 1 aliphatic rings. The lowest BCUT2D eigenvalue weighted by Gasteiger charge is -2.29. The minimum absolute atomic E-state index is 0.0111. The molecule has 0 bridgehead atoms. The summed E-state index contributed by atoms with van der Waals surface area (Å²) in [6.45, 7) is 2.27. The van der Waals surface area contributed by atoms with Crippen LogP contribution in [0.5, 0.6) is 5.75 Å². The zero-order chi connectivity index (χ0) is 23.5. The van der Waals surface area contributed by atoms with E-state index in [9.17, 15) is 8.78 Å². The van der Waals surface area contributed by atoms with E-state index in [0.717, 1.165) is 5.92 Å². The Hall–Kier alpha value is -1.81. The molecule has 0 spiro atoms. The van der Waals surface area contributed by atoms with E-state index in [4.69, 9.17) is 17.0 Å². The number of benzene rings is 2. The lowest BCUT2D eigenvalue weighted by molar-refractivity contribution is 0.151. The van der Waals surface area contributed by atoms with Crippen LogP contribution in [0.25, 0.3) is 0 Å². The number of rotatable bonds is 12. The Morgan fingerprint density at radius 1 is 0.848 bits per heavy atom. The van der Waals surface area contributed by atoms with E-state index in [-0.39, 0.29) is 5.56 Å². The third-order valence-electron chi connectivity index (χ3n) is 7.02. The quantitative estimate of drug-likeness (QED) is 0.224. The van der Waals surface area contributed by atoms with Crippen molar-refractivity contribution in [3.05, 3.63) is 65.2 Å². The van der Waals surface area contributed by atoms with Gasteiger partial charge in [0.25, 0.3) is 6.43 Å². The average molecular weight is 473 g/mol. The van der Waals surface area contributed by atoms with Crippen molar-refractivity contribution < 1.29 is 13.5 Å². The summed E-state index contributed by atoms with van der Waals surface area (Å²) in [6, 6.07) is 14.2. The number of unbranched alkanes of at least 4 members (excludes halogenated alkanes) is 6. The van der Waals surface area contributed by atoms with Gasteiger partial charge in [-0.15, -0.1) is 0 Å². The van der Waals surface area contributed by atoms with Gasteiger partial charge < -0.3 is 4.74 Å². The van der Waals surface area contributed by atoms with Crippen molar-refractivity contribution in [1.29, 1.82) is 0 Å². The molecule has 1 nitrogen and oxygen atoms in total. The van der Waals surface area contributed by atoms with Crippen molar-refractivity contribution in [3.8, 4) is 5.75 Å². The van der Waals surface area contributed by atoms with E-state index >= 15 is 0 Å². The summed E-state index contributed by atoms with van der Waals surface area (Å²) < 4.78 is 31.2. The van der Waals surface area contributed by atoms with Crippen LogP contribution in [0.15, 0.2) is 48.5 Å². The molecule has 0 heterocycles. The third-order valence-corrected chi connectivity index (χ3v) is 7.34. The number of hydrogen-bond donors (Lipinski definition) is 0. The van der Waals surface area contributed by atoms with Crippen LogP contribution < -0.4 is 4.74 Å².